The predicted molar refractivity (Wildman–Crippen MR) is 168 cm³/mol. The van der Waals surface area contributed by atoms with Gasteiger partial charge in [-0.3, -0.25) is 4.55 Å². The van der Waals surface area contributed by atoms with E-state index in [1.54, 1.807) is 0 Å². The van der Waals surface area contributed by atoms with Crippen LogP contribution in [-0.4, -0.2) is 118 Å². The highest BCUT2D eigenvalue weighted by molar-refractivity contribution is 7.80. The molecule has 7 N–H and O–H groups in total. The lowest BCUT2D eigenvalue weighted by Gasteiger charge is -2.65. The summed E-state index contributed by atoms with van der Waals surface area (Å²) in [5, 5.41) is 68.4. The number of fused-ring (bicyclic) bond motifs is 5. The molecule has 1 aliphatic heterocycles. The number of rotatable bonds is 11. The minimum absolute atomic E-state index is 0.00267. The second-order valence-corrected chi connectivity index (χ2v) is 17.4. The van der Waals surface area contributed by atoms with Crippen LogP contribution in [0.5, 0.6) is 0 Å². The van der Waals surface area contributed by atoms with E-state index in [0.29, 0.717) is 44.9 Å². The molecule has 1 heterocycles. The van der Waals surface area contributed by atoms with E-state index in [0.717, 1.165) is 0 Å². The average Bonchev–Trinajstić information content (AvgIpc) is 3.38. The summed E-state index contributed by atoms with van der Waals surface area (Å²) in [5.74, 6) is -1.33. The molecule has 8 unspecified atom stereocenters. The Balaban J connectivity index is 1.29. The molecule has 0 aromatic rings. The predicted octanol–water partition coefficient (Wildman–Crippen LogP) is 1.41. The minimum atomic E-state index is -4.72. The van der Waals surface area contributed by atoms with Crippen molar-refractivity contribution in [1.82, 2.24) is 0 Å². The molecule has 5 rings (SSSR count). The van der Waals surface area contributed by atoms with E-state index in [9.17, 15) is 39.1 Å². The Bertz CT molecular complexity index is 1200. The Labute approximate surface area is 278 Å². The van der Waals surface area contributed by atoms with Crippen LogP contribution < -0.4 is 0 Å². The van der Waals surface area contributed by atoms with Gasteiger partial charge in [0.25, 0.3) is 0 Å². The van der Waals surface area contributed by atoms with Crippen molar-refractivity contribution in [3.8, 4) is 0 Å². The highest BCUT2D eigenvalue weighted by Crippen LogP contribution is 2.69. The van der Waals surface area contributed by atoms with Crippen LogP contribution in [0, 0.1) is 46.3 Å². The van der Waals surface area contributed by atoms with Crippen molar-refractivity contribution in [1.29, 1.82) is 0 Å². The summed E-state index contributed by atoms with van der Waals surface area (Å²) in [7, 11) is -3.38. The zero-order valence-electron chi connectivity index (χ0n) is 28.5. The van der Waals surface area contributed by atoms with Gasteiger partial charge in [-0.05, 0) is 85.4 Å². The Hall–Kier alpha value is -0.490. The van der Waals surface area contributed by atoms with E-state index in [1.807, 2.05) is 20.8 Å². The van der Waals surface area contributed by atoms with E-state index in [4.69, 9.17) is 18.8 Å². The maximum Gasteiger partial charge on any atom is 0.397 e. The topological polar surface area (TPSA) is 213 Å². The van der Waals surface area contributed by atoms with Crippen LogP contribution >= 0.6 is 0 Å². The van der Waals surface area contributed by atoms with Gasteiger partial charge in [0.05, 0.1) is 42.7 Å². The molecule has 0 bridgehead atoms. The minimum Gasteiger partial charge on any atom is -0.393 e. The molecule has 4 saturated carbocycles. The summed E-state index contributed by atoms with van der Waals surface area (Å²) >= 11 is 0. The summed E-state index contributed by atoms with van der Waals surface area (Å²) in [6, 6.07) is 0. The third-order valence-electron chi connectivity index (χ3n) is 13.3. The third-order valence-corrected chi connectivity index (χ3v) is 13.8. The largest absolute Gasteiger partial charge is 0.397 e. The van der Waals surface area contributed by atoms with Gasteiger partial charge in [0.2, 0.25) is 0 Å². The van der Waals surface area contributed by atoms with E-state index in [-0.39, 0.29) is 41.4 Å². The van der Waals surface area contributed by atoms with Gasteiger partial charge in [-0.25, -0.2) is 4.18 Å². The summed E-state index contributed by atoms with van der Waals surface area (Å²) in [4.78, 5) is 0. The van der Waals surface area contributed by atoms with Crippen molar-refractivity contribution >= 4 is 10.4 Å². The molecule has 0 aromatic carbocycles. The number of aliphatic hydroxyl groups excluding tert-OH is 5. The summed E-state index contributed by atoms with van der Waals surface area (Å²) in [6.07, 6.45) is -3.73. The molecule has 274 valence electrons. The van der Waals surface area contributed by atoms with Crippen LogP contribution in [0.25, 0.3) is 0 Å². The van der Waals surface area contributed by atoms with Gasteiger partial charge < -0.3 is 44.8 Å². The first kappa shape index (κ1) is 37.8. The first-order valence-corrected chi connectivity index (χ1v) is 18.7. The highest BCUT2D eigenvalue weighted by atomic mass is 32.3. The standard InChI is InChI=1S/C33H58O13S/c1-16(2)21(45-30-27(38)28(43-6)22(46-30)15-44-47(40,41)42)8-7-17(3)24-25(36)26(37)29-32(24,5)12-10-23-31(4)11-9-18(34)13-19(31)20(35)14-33(23,29)39/h16-30,34-39H,7-15H2,1-6H3,(H,40,41,42)/t17-,18+,19?,20+,21+,22?,23?,24+,25-,26?,27?,28?,29?,30?,31+,32-,33+/m1/s1. The van der Waals surface area contributed by atoms with Crippen molar-refractivity contribution in [3.05, 3.63) is 0 Å². The fraction of sp³-hybridized carbons (Fsp3) is 1.00. The third kappa shape index (κ3) is 6.69. The van der Waals surface area contributed by atoms with E-state index >= 15 is 0 Å². The van der Waals surface area contributed by atoms with Gasteiger partial charge >= 0.3 is 10.4 Å². The van der Waals surface area contributed by atoms with Crippen molar-refractivity contribution in [2.45, 2.75) is 147 Å². The SMILES string of the molecule is COC1C(COS(=O)(=O)O)OC(O[C@@H](CC[C@@H](C)[C@H]2[C@@H](O)C(O)C3[C@]4(O)C[C@H](O)C5C[C@@H](O)CC[C@]5(C)C4CC[C@@]32C)C(C)C)C1O. The Kier molecular flexibility index (Phi) is 10.9. The fourth-order valence-electron chi connectivity index (χ4n) is 11.2. The van der Waals surface area contributed by atoms with Crippen LogP contribution in [0.1, 0.15) is 86.0 Å². The van der Waals surface area contributed by atoms with Crippen LogP contribution in [-0.2, 0) is 28.8 Å². The zero-order chi connectivity index (χ0) is 34.9. The van der Waals surface area contributed by atoms with E-state index in [1.165, 1.54) is 7.11 Å². The van der Waals surface area contributed by atoms with Crippen LogP contribution in [0.3, 0.4) is 0 Å². The normalized spacial score (nSPS) is 49.7. The molecule has 47 heavy (non-hydrogen) atoms. The van der Waals surface area contributed by atoms with Crippen LogP contribution in [0.2, 0.25) is 0 Å². The van der Waals surface area contributed by atoms with E-state index < -0.39 is 89.1 Å². The second kappa shape index (κ2) is 13.6. The highest BCUT2D eigenvalue weighted by Gasteiger charge is 2.72. The van der Waals surface area contributed by atoms with Crippen LogP contribution in [0.15, 0.2) is 0 Å². The molecule has 17 atom stereocenters. The maximum absolute atomic E-state index is 12.6. The monoisotopic (exact) mass is 694 g/mol. The molecule has 0 aromatic heterocycles. The average molecular weight is 695 g/mol. The van der Waals surface area contributed by atoms with Gasteiger partial charge in [-0.2, -0.15) is 8.42 Å². The lowest BCUT2D eigenvalue weighted by Crippen LogP contribution is -2.68. The summed E-state index contributed by atoms with van der Waals surface area (Å²) in [6.45, 7) is 9.61. The summed E-state index contributed by atoms with van der Waals surface area (Å²) in [5.41, 5.74) is -2.33. The van der Waals surface area contributed by atoms with Crippen molar-refractivity contribution < 1.29 is 62.0 Å². The summed E-state index contributed by atoms with van der Waals surface area (Å²) < 4.78 is 52.9. The maximum atomic E-state index is 12.6. The zero-order valence-corrected chi connectivity index (χ0v) is 29.3. The van der Waals surface area contributed by atoms with Crippen LogP contribution in [0.4, 0.5) is 0 Å². The van der Waals surface area contributed by atoms with Crippen molar-refractivity contribution in [2.75, 3.05) is 13.7 Å². The van der Waals surface area contributed by atoms with Gasteiger partial charge in [0, 0.05) is 19.4 Å². The molecule has 5 aliphatic rings. The molecule has 14 heteroatoms. The van der Waals surface area contributed by atoms with Gasteiger partial charge in [-0.1, -0.05) is 34.6 Å². The molecule has 13 nitrogen and oxygen atoms in total. The molecule has 0 radical (unpaired) electrons. The molecule has 1 saturated heterocycles. The molecule has 4 aliphatic carbocycles. The molecule has 0 spiro atoms. The molecule has 0 amide bonds. The molecule has 5 fully saturated rings. The molecular weight excluding hydrogens is 636 g/mol. The smallest absolute Gasteiger partial charge is 0.393 e. The van der Waals surface area contributed by atoms with Gasteiger partial charge in [-0.15, -0.1) is 0 Å². The molecular formula is C33H58O13S. The number of hydrogen-bond acceptors (Lipinski definition) is 12. The first-order valence-electron chi connectivity index (χ1n) is 17.4. The number of ether oxygens (including phenoxy) is 3. The Morgan fingerprint density at radius 1 is 0.936 bits per heavy atom. The number of hydrogen-bond donors (Lipinski definition) is 7. The van der Waals surface area contributed by atoms with E-state index in [2.05, 4.69) is 18.0 Å². The lowest BCUT2D eigenvalue weighted by molar-refractivity contribution is -0.264. The Morgan fingerprint density at radius 3 is 2.21 bits per heavy atom. The first-order chi connectivity index (χ1) is 21.8. The van der Waals surface area contributed by atoms with Crippen molar-refractivity contribution in [2.24, 2.45) is 46.3 Å². The quantitative estimate of drug-likeness (QED) is 0.153. The lowest BCUT2D eigenvalue weighted by atomic mass is 9.42. The fourth-order valence-corrected chi connectivity index (χ4v) is 11.6. The number of aliphatic hydroxyl groups is 6. The second-order valence-electron chi connectivity index (χ2n) is 16.3. The van der Waals surface area contributed by atoms with Gasteiger partial charge in [0.15, 0.2) is 6.29 Å². The Morgan fingerprint density at radius 2 is 1.60 bits per heavy atom. The van der Waals surface area contributed by atoms with Crippen molar-refractivity contribution in [3.63, 3.8) is 0 Å². The number of methoxy groups -OCH3 is 1. The van der Waals surface area contributed by atoms with Gasteiger partial charge in [0.1, 0.15) is 18.3 Å².